The Morgan fingerprint density at radius 1 is 0.914 bits per heavy atom. The summed E-state index contributed by atoms with van der Waals surface area (Å²) < 4.78 is 0. The van der Waals surface area contributed by atoms with E-state index in [2.05, 4.69) is 18.7 Å². The lowest BCUT2D eigenvalue weighted by atomic mass is 9.95. The molecule has 0 spiro atoms. The summed E-state index contributed by atoms with van der Waals surface area (Å²) in [6.07, 6.45) is 5.35. The fraction of sp³-hybridized carbons (Fsp3) is 0.448. The second-order valence-electron chi connectivity index (χ2n) is 9.31. The van der Waals surface area contributed by atoms with Gasteiger partial charge in [0.05, 0.1) is 11.6 Å². The van der Waals surface area contributed by atoms with E-state index in [0.29, 0.717) is 17.1 Å². The van der Waals surface area contributed by atoms with Gasteiger partial charge in [0.2, 0.25) is 0 Å². The number of hydrogen-bond donors (Lipinski definition) is 1. The number of likely N-dealkylation sites (tertiary alicyclic amines) is 1. The third kappa shape index (κ3) is 6.74. The van der Waals surface area contributed by atoms with Crippen LogP contribution in [0, 0.1) is 6.92 Å². The molecule has 2 aromatic rings. The van der Waals surface area contributed by atoms with Gasteiger partial charge in [-0.25, -0.2) is 0 Å². The molecular weight excluding hydrogens is 460 g/mol. The van der Waals surface area contributed by atoms with E-state index >= 15 is 0 Å². The molecular formula is C29H37ClN2O3. The molecule has 0 aliphatic carbocycles. The van der Waals surface area contributed by atoms with E-state index < -0.39 is 17.7 Å². The molecule has 0 bridgehead atoms. The van der Waals surface area contributed by atoms with Crippen LogP contribution >= 0.6 is 11.6 Å². The number of halogens is 1. The molecule has 5 nitrogen and oxygen atoms in total. The van der Waals surface area contributed by atoms with Crippen LogP contribution in [0.3, 0.4) is 0 Å². The molecule has 3 rings (SSSR count). The molecule has 1 aliphatic rings. The van der Waals surface area contributed by atoms with Gasteiger partial charge in [0.25, 0.3) is 11.7 Å². The Balaban J connectivity index is 1.90. The van der Waals surface area contributed by atoms with Gasteiger partial charge in [-0.2, -0.15) is 0 Å². The fourth-order valence-corrected chi connectivity index (χ4v) is 4.66. The number of carbonyl (C=O) groups excluding carboxylic acids is 2. The Morgan fingerprint density at radius 3 is 2.06 bits per heavy atom. The lowest BCUT2D eigenvalue weighted by molar-refractivity contribution is -0.140. The van der Waals surface area contributed by atoms with E-state index in [-0.39, 0.29) is 11.3 Å². The first kappa shape index (κ1) is 27.0. The number of rotatable bonds is 12. The number of unbranched alkanes of at least 4 members (excludes halogenated alkanes) is 2. The molecule has 35 heavy (non-hydrogen) atoms. The maximum absolute atomic E-state index is 13.2. The second kappa shape index (κ2) is 12.9. The smallest absolute Gasteiger partial charge is 0.295 e. The van der Waals surface area contributed by atoms with Gasteiger partial charge in [0.15, 0.2) is 0 Å². The van der Waals surface area contributed by atoms with Crippen molar-refractivity contribution in [2.75, 3.05) is 26.2 Å². The number of nitrogens with zero attached hydrogens (tertiary/aromatic N) is 2. The zero-order valence-corrected chi connectivity index (χ0v) is 21.9. The number of aliphatic hydroxyl groups excluding tert-OH is 1. The summed E-state index contributed by atoms with van der Waals surface area (Å²) in [4.78, 5) is 30.4. The fourth-order valence-electron chi connectivity index (χ4n) is 4.53. The maximum atomic E-state index is 13.2. The summed E-state index contributed by atoms with van der Waals surface area (Å²) >= 11 is 6.11. The Labute approximate surface area is 214 Å². The molecule has 1 N–H and O–H groups in total. The third-order valence-electron chi connectivity index (χ3n) is 6.58. The number of carbonyl (C=O) groups is 2. The van der Waals surface area contributed by atoms with Gasteiger partial charge in [-0.3, -0.25) is 9.59 Å². The molecule has 0 unspecified atom stereocenters. The normalized spacial score (nSPS) is 17.5. The zero-order chi connectivity index (χ0) is 25.4. The number of hydrogen-bond acceptors (Lipinski definition) is 4. The van der Waals surface area contributed by atoms with E-state index in [1.807, 2.05) is 31.2 Å². The van der Waals surface area contributed by atoms with Crippen LogP contribution in [0.15, 0.2) is 54.1 Å². The van der Waals surface area contributed by atoms with E-state index in [1.165, 1.54) is 0 Å². The molecule has 0 aromatic heterocycles. The third-order valence-corrected chi connectivity index (χ3v) is 6.83. The molecule has 6 heteroatoms. The van der Waals surface area contributed by atoms with Crippen LogP contribution in [0.2, 0.25) is 5.02 Å². The van der Waals surface area contributed by atoms with Crippen molar-refractivity contribution in [3.05, 3.63) is 75.8 Å². The average molecular weight is 497 g/mol. The van der Waals surface area contributed by atoms with E-state index in [1.54, 1.807) is 29.2 Å². The predicted octanol–water partition coefficient (Wildman–Crippen LogP) is 6.36. The lowest BCUT2D eigenvalue weighted by Crippen LogP contribution is -2.34. The van der Waals surface area contributed by atoms with Crippen molar-refractivity contribution in [1.29, 1.82) is 0 Å². The first-order chi connectivity index (χ1) is 16.9. The van der Waals surface area contributed by atoms with Gasteiger partial charge in [-0.15, -0.1) is 0 Å². The van der Waals surface area contributed by atoms with Gasteiger partial charge in [-0.1, -0.05) is 80.3 Å². The Morgan fingerprint density at radius 2 is 1.49 bits per heavy atom. The minimum absolute atomic E-state index is 0.134. The molecule has 1 heterocycles. The molecule has 0 saturated carbocycles. The van der Waals surface area contributed by atoms with Crippen molar-refractivity contribution in [2.24, 2.45) is 0 Å². The van der Waals surface area contributed by atoms with Crippen LogP contribution in [0.4, 0.5) is 0 Å². The molecule has 1 aliphatic heterocycles. The Kier molecular flexibility index (Phi) is 9.93. The first-order valence-corrected chi connectivity index (χ1v) is 13.1. The topological polar surface area (TPSA) is 60.9 Å². The van der Waals surface area contributed by atoms with Crippen LogP contribution in [-0.2, 0) is 9.59 Å². The standard InChI is InChI=1S/C29H37ClN2O3/c1-4-6-17-31(18-7-5-2)19-8-20-32-26(22-13-15-24(30)16-14-22)25(28(34)29(32)35)27(33)23-11-9-21(3)10-12-23/h9-16,26,33H,4-8,17-20H2,1-3H3/t26-/m1/s1. The van der Waals surface area contributed by atoms with Crippen LogP contribution < -0.4 is 0 Å². The molecule has 188 valence electrons. The highest BCUT2D eigenvalue weighted by molar-refractivity contribution is 6.46. The highest BCUT2D eigenvalue weighted by Gasteiger charge is 2.45. The van der Waals surface area contributed by atoms with Gasteiger partial charge < -0.3 is 14.9 Å². The Hall–Kier alpha value is -2.63. The van der Waals surface area contributed by atoms with Crippen molar-refractivity contribution in [3.8, 4) is 0 Å². The van der Waals surface area contributed by atoms with Crippen LogP contribution in [0.1, 0.15) is 68.7 Å². The minimum atomic E-state index is -0.645. The summed E-state index contributed by atoms with van der Waals surface area (Å²) in [5.74, 6) is -1.34. The largest absolute Gasteiger partial charge is 0.507 e. The minimum Gasteiger partial charge on any atom is -0.507 e. The predicted molar refractivity (Wildman–Crippen MR) is 143 cm³/mol. The highest BCUT2D eigenvalue weighted by atomic mass is 35.5. The molecule has 2 aromatic carbocycles. The number of aryl methyl sites for hydroxylation is 1. The Bertz CT molecular complexity index is 1020. The highest BCUT2D eigenvalue weighted by Crippen LogP contribution is 2.39. The monoisotopic (exact) mass is 496 g/mol. The van der Waals surface area contributed by atoms with Gasteiger partial charge >= 0.3 is 0 Å². The van der Waals surface area contributed by atoms with Crippen molar-refractivity contribution in [3.63, 3.8) is 0 Å². The molecule has 1 atom stereocenters. The van der Waals surface area contributed by atoms with Crippen molar-refractivity contribution in [1.82, 2.24) is 9.80 Å². The SMILES string of the molecule is CCCCN(CCCC)CCCN1C(=O)C(=O)C(=C(O)c2ccc(C)cc2)[C@H]1c1ccc(Cl)cc1. The van der Waals surface area contributed by atoms with E-state index in [9.17, 15) is 14.7 Å². The first-order valence-electron chi connectivity index (χ1n) is 12.7. The summed E-state index contributed by atoms with van der Waals surface area (Å²) in [6, 6.07) is 13.8. The number of aliphatic hydroxyl groups is 1. The summed E-state index contributed by atoms with van der Waals surface area (Å²) in [5, 5.41) is 11.7. The van der Waals surface area contributed by atoms with Crippen LogP contribution in [0.25, 0.3) is 5.76 Å². The van der Waals surface area contributed by atoms with Gasteiger partial charge in [0, 0.05) is 17.1 Å². The van der Waals surface area contributed by atoms with Crippen LogP contribution in [-0.4, -0.2) is 52.8 Å². The van der Waals surface area contributed by atoms with Crippen molar-refractivity contribution < 1.29 is 14.7 Å². The number of ketones is 1. The van der Waals surface area contributed by atoms with E-state index in [4.69, 9.17) is 11.6 Å². The number of Topliss-reactive ketones (excluding diaryl/α,β-unsaturated/α-hetero) is 1. The molecule has 0 radical (unpaired) electrons. The molecule has 1 amide bonds. The van der Waals surface area contributed by atoms with Crippen LogP contribution in [0.5, 0.6) is 0 Å². The summed E-state index contributed by atoms with van der Waals surface area (Å²) in [6.45, 7) is 9.74. The quantitative estimate of drug-likeness (QED) is 0.211. The summed E-state index contributed by atoms with van der Waals surface area (Å²) in [5.41, 5.74) is 2.47. The number of benzene rings is 2. The maximum Gasteiger partial charge on any atom is 0.295 e. The zero-order valence-electron chi connectivity index (χ0n) is 21.1. The van der Waals surface area contributed by atoms with Crippen molar-refractivity contribution in [2.45, 2.75) is 58.9 Å². The van der Waals surface area contributed by atoms with Gasteiger partial charge in [-0.05, 0) is 63.5 Å². The summed E-state index contributed by atoms with van der Waals surface area (Å²) in [7, 11) is 0. The van der Waals surface area contributed by atoms with Gasteiger partial charge in [0.1, 0.15) is 5.76 Å². The van der Waals surface area contributed by atoms with Crippen molar-refractivity contribution >= 4 is 29.1 Å². The van der Waals surface area contributed by atoms with E-state index in [0.717, 1.165) is 62.9 Å². The average Bonchev–Trinajstić information content (AvgIpc) is 3.10. The lowest BCUT2D eigenvalue weighted by Gasteiger charge is -2.27. The molecule has 1 fully saturated rings. The molecule has 1 saturated heterocycles. The number of amides is 1. The second-order valence-corrected chi connectivity index (χ2v) is 9.75.